The van der Waals surface area contributed by atoms with E-state index in [0.717, 1.165) is 43.1 Å². The molecule has 0 radical (unpaired) electrons. The van der Waals surface area contributed by atoms with Gasteiger partial charge >= 0.3 is 0 Å². The lowest BCUT2D eigenvalue weighted by Crippen LogP contribution is -2.45. The average molecular weight is 318 g/mol. The van der Waals surface area contributed by atoms with E-state index in [1.807, 2.05) is 12.3 Å². The highest BCUT2D eigenvalue weighted by Gasteiger charge is 2.25. The molecule has 1 N–H and O–H groups in total. The third-order valence-corrected chi connectivity index (χ3v) is 4.63. The summed E-state index contributed by atoms with van der Waals surface area (Å²) in [6.45, 7) is 6.13. The third kappa shape index (κ3) is 3.03. The predicted octanol–water partition coefficient (Wildman–Crippen LogP) is 2.93. The molecule has 0 saturated carbocycles. The fraction of sp³-hybridized carbons (Fsp3) is 0.300. The quantitative estimate of drug-likeness (QED) is 0.806. The normalized spacial score (nSPS) is 17.0. The van der Waals surface area contributed by atoms with Crippen molar-refractivity contribution in [2.24, 2.45) is 0 Å². The van der Waals surface area contributed by atoms with Gasteiger partial charge in [-0.05, 0) is 36.8 Å². The van der Waals surface area contributed by atoms with Gasteiger partial charge in [-0.1, -0.05) is 24.3 Å². The van der Waals surface area contributed by atoms with E-state index < -0.39 is 0 Å². The van der Waals surface area contributed by atoms with Crippen LogP contribution in [0.1, 0.15) is 23.0 Å². The van der Waals surface area contributed by atoms with Gasteiger partial charge in [0.25, 0.3) is 0 Å². The highest BCUT2D eigenvalue weighted by atomic mass is 15.2. The van der Waals surface area contributed by atoms with E-state index in [9.17, 15) is 0 Å². The summed E-state index contributed by atoms with van der Waals surface area (Å²) in [4.78, 5) is 12.0. The van der Waals surface area contributed by atoms with Crippen molar-refractivity contribution in [1.82, 2.24) is 20.2 Å². The average Bonchev–Trinajstić information content (AvgIpc) is 2.63. The topological polar surface area (TPSA) is 41.1 Å². The van der Waals surface area contributed by atoms with Gasteiger partial charge in [0.05, 0.1) is 17.3 Å². The minimum Gasteiger partial charge on any atom is -0.314 e. The summed E-state index contributed by atoms with van der Waals surface area (Å²) in [5, 5.41) is 4.62. The minimum atomic E-state index is 0.157. The van der Waals surface area contributed by atoms with Crippen molar-refractivity contribution in [2.45, 2.75) is 13.0 Å². The number of aryl methyl sites for hydroxylation is 1. The van der Waals surface area contributed by atoms with Gasteiger partial charge in [-0.3, -0.25) is 14.9 Å². The summed E-state index contributed by atoms with van der Waals surface area (Å²) in [7, 11) is 0. The standard InChI is InChI=1S/C20H22N4/c1-15-5-4-8-19(23-15)20(24-11-9-21-10-12-24)17-13-16-6-2-3-7-18(16)22-14-17/h2-8,13-14,20-21H,9-12H2,1H3. The van der Waals surface area contributed by atoms with E-state index in [-0.39, 0.29) is 6.04 Å². The fourth-order valence-corrected chi connectivity index (χ4v) is 3.46. The first-order chi connectivity index (χ1) is 11.8. The van der Waals surface area contributed by atoms with Crippen LogP contribution >= 0.6 is 0 Å². The predicted molar refractivity (Wildman–Crippen MR) is 97.0 cm³/mol. The van der Waals surface area contributed by atoms with Crippen LogP contribution in [-0.2, 0) is 0 Å². The van der Waals surface area contributed by atoms with Crippen molar-refractivity contribution in [1.29, 1.82) is 0 Å². The van der Waals surface area contributed by atoms with Gasteiger partial charge in [-0.25, -0.2) is 0 Å². The fourth-order valence-electron chi connectivity index (χ4n) is 3.46. The number of rotatable bonds is 3. The van der Waals surface area contributed by atoms with Crippen LogP contribution in [0.25, 0.3) is 10.9 Å². The van der Waals surface area contributed by atoms with Gasteiger partial charge in [0.1, 0.15) is 0 Å². The SMILES string of the molecule is Cc1cccc(C(c2cnc3ccccc3c2)N2CCNCC2)n1. The number of fused-ring (bicyclic) bond motifs is 1. The molecule has 3 heterocycles. The zero-order valence-electron chi connectivity index (χ0n) is 13.9. The number of hydrogen-bond donors (Lipinski definition) is 1. The van der Waals surface area contributed by atoms with Crippen molar-refractivity contribution in [3.8, 4) is 0 Å². The number of hydrogen-bond acceptors (Lipinski definition) is 4. The van der Waals surface area contributed by atoms with Crippen LogP contribution in [0.3, 0.4) is 0 Å². The summed E-state index contributed by atoms with van der Waals surface area (Å²) >= 11 is 0. The first kappa shape index (κ1) is 15.2. The van der Waals surface area contributed by atoms with Crippen molar-refractivity contribution in [2.75, 3.05) is 26.2 Å². The van der Waals surface area contributed by atoms with E-state index in [1.165, 1.54) is 10.9 Å². The molecule has 1 saturated heterocycles. The van der Waals surface area contributed by atoms with Gasteiger partial charge in [0.2, 0.25) is 0 Å². The third-order valence-electron chi connectivity index (χ3n) is 4.63. The van der Waals surface area contributed by atoms with Crippen LogP contribution in [0.2, 0.25) is 0 Å². The van der Waals surface area contributed by atoms with E-state index in [0.29, 0.717) is 0 Å². The Morgan fingerprint density at radius 1 is 1.04 bits per heavy atom. The van der Waals surface area contributed by atoms with Crippen LogP contribution in [0, 0.1) is 6.92 Å². The summed E-state index contributed by atoms with van der Waals surface area (Å²) in [6, 6.07) is 17.0. The Labute approximate surface area is 142 Å². The zero-order valence-corrected chi connectivity index (χ0v) is 13.9. The lowest BCUT2D eigenvalue weighted by atomic mass is 10.00. The molecule has 1 unspecified atom stereocenters. The highest BCUT2D eigenvalue weighted by molar-refractivity contribution is 5.78. The van der Waals surface area contributed by atoms with Crippen LogP contribution in [0.4, 0.5) is 0 Å². The molecule has 2 aromatic heterocycles. The van der Waals surface area contributed by atoms with Crippen molar-refractivity contribution >= 4 is 10.9 Å². The van der Waals surface area contributed by atoms with Gasteiger partial charge in [-0.15, -0.1) is 0 Å². The molecule has 4 rings (SSSR count). The van der Waals surface area contributed by atoms with Crippen LogP contribution in [0.5, 0.6) is 0 Å². The van der Waals surface area contributed by atoms with Crippen molar-refractivity contribution in [3.05, 3.63) is 71.7 Å². The summed E-state index contributed by atoms with van der Waals surface area (Å²) in [5.41, 5.74) is 4.42. The Morgan fingerprint density at radius 3 is 2.71 bits per heavy atom. The maximum atomic E-state index is 4.82. The number of pyridine rings is 2. The number of benzene rings is 1. The van der Waals surface area contributed by atoms with Gasteiger partial charge in [0, 0.05) is 43.5 Å². The molecule has 0 spiro atoms. The maximum absolute atomic E-state index is 4.82. The van der Waals surface area contributed by atoms with Gasteiger partial charge < -0.3 is 5.32 Å². The van der Waals surface area contributed by atoms with E-state index in [1.54, 1.807) is 0 Å². The molecule has 1 atom stereocenters. The molecule has 1 aliphatic rings. The highest BCUT2D eigenvalue weighted by Crippen LogP contribution is 2.29. The Kier molecular flexibility index (Phi) is 4.24. The summed E-state index contributed by atoms with van der Waals surface area (Å²) < 4.78 is 0. The molecular formula is C20H22N4. The van der Waals surface area contributed by atoms with Gasteiger partial charge in [0.15, 0.2) is 0 Å². The van der Waals surface area contributed by atoms with E-state index >= 15 is 0 Å². The molecular weight excluding hydrogens is 296 g/mol. The molecule has 122 valence electrons. The van der Waals surface area contributed by atoms with E-state index in [4.69, 9.17) is 4.98 Å². The first-order valence-corrected chi connectivity index (χ1v) is 8.54. The largest absolute Gasteiger partial charge is 0.314 e. The van der Waals surface area contributed by atoms with Crippen LogP contribution in [-0.4, -0.2) is 41.0 Å². The van der Waals surface area contributed by atoms with Crippen molar-refractivity contribution in [3.63, 3.8) is 0 Å². The molecule has 0 aliphatic carbocycles. The second-order valence-electron chi connectivity index (χ2n) is 6.35. The molecule has 0 bridgehead atoms. The Hall–Kier alpha value is -2.30. The van der Waals surface area contributed by atoms with Crippen LogP contribution < -0.4 is 5.32 Å². The number of para-hydroxylation sites is 1. The zero-order chi connectivity index (χ0) is 16.4. The molecule has 1 fully saturated rings. The lowest BCUT2D eigenvalue weighted by Gasteiger charge is -2.35. The summed E-state index contributed by atoms with van der Waals surface area (Å²) in [5.74, 6) is 0. The Morgan fingerprint density at radius 2 is 1.88 bits per heavy atom. The lowest BCUT2D eigenvalue weighted by molar-refractivity contribution is 0.195. The van der Waals surface area contributed by atoms with Crippen LogP contribution in [0.15, 0.2) is 54.7 Å². The molecule has 0 amide bonds. The number of nitrogens with zero attached hydrogens (tertiary/aromatic N) is 3. The second kappa shape index (κ2) is 6.67. The summed E-state index contributed by atoms with van der Waals surface area (Å²) in [6.07, 6.45) is 2.01. The molecule has 24 heavy (non-hydrogen) atoms. The van der Waals surface area contributed by atoms with E-state index in [2.05, 4.69) is 64.6 Å². The number of aromatic nitrogens is 2. The monoisotopic (exact) mass is 318 g/mol. The van der Waals surface area contributed by atoms with Gasteiger partial charge in [-0.2, -0.15) is 0 Å². The second-order valence-corrected chi connectivity index (χ2v) is 6.35. The molecule has 4 nitrogen and oxygen atoms in total. The Bertz CT molecular complexity index is 840. The molecule has 1 aliphatic heterocycles. The van der Waals surface area contributed by atoms with Crippen molar-refractivity contribution < 1.29 is 0 Å². The minimum absolute atomic E-state index is 0.157. The molecule has 1 aromatic carbocycles. The Balaban J connectivity index is 1.80. The molecule has 3 aromatic rings. The number of piperazine rings is 1. The number of nitrogens with one attached hydrogen (secondary N) is 1. The smallest absolute Gasteiger partial charge is 0.0792 e. The first-order valence-electron chi connectivity index (χ1n) is 8.54. The molecule has 4 heteroatoms. The maximum Gasteiger partial charge on any atom is 0.0792 e.